The van der Waals surface area contributed by atoms with Crippen LogP contribution in [0.15, 0.2) is 52.5 Å². The highest BCUT2D eigenvalue weighted by atomic mass is 79.9. The minimum atomic E-state index is 0.00153. The van der Waals surface area contributed by atoms with Gasteiger partial charge >= 0.3 is 0 Å². The fourth-order valence-corrected chi connectivity index (χ4v) is 2.71. The average Bonchev–Trinajstić information content (AvgIpc) is 2.72. The van der Waals surface area contributed by atoms with E-state index in [1.807, 2.05) is 30.3 Å². The van der Waals surface area contributed by atoms with Gasteiger partial charge in [-0.3, -0.25) is 4.79 Å². The van der Waals surface area contributed by atoms with Crippen molar-refractivity contribution in [2.45, 2.75) is 6.42 Å². The Kier molecular flexibility index (Phi) is 2.99. The predicted octanol–water partition coefficient (Wildman–Crippen LogP) is 3.98. The largest absolute Gasteiger partial charge is 0.508 e. The molecule has 0 amide bonds. The van der Waals surface area contributed by atoms with E-state index in [4.69, 9.17) is 0 Å². The third-order valence-electron chi connectivity index (χ3n) is 3.29. The molecular formula is C16H11BrO2. The van der Waals surface area contributed by atoms with Gasteiger partial charge in [0.25, 0.3) is 0 Å². The lowest BCUT2D eigenvalue weighted by atomic mass is 10.1. The number of aromatic hydroxyl groups is 1. The Balaban J connectivity index is 2.05. The second-order valence-electron chi connectivity index (χ2n) is 4.50. The lowest BCUT2D eigenvalue weighted by Crippen LogP contribution is -1.95. The van der Waals surface area contributed by atoms with Crippen LogP contribution in [0, 0.1) is 0 Å². The molecule has 2 aromatic carbocycles. The summed E-state index contributed by atoms with van der Waals surface area (Å²) >= 11 is 3.47. The standard InChI is InChI=1S/C16H11BrO2/c17-14-6-2-1-4-10(14)8-11-9-13-12(16(11)19)5-3-7-15(13)18/h1-8,18H,9H2/b11-8-. The molecule has 3 rings (SSSR count). The van der Waals surface area contributed by atoms with Crippen molar-refractivity contribution in [1.29, 1.82) is 0 Å². The Morgan fingerprint density at radius 2 is 1.89 bits per heavy atom. The zero-order chi connectivity index (χ0) is 13.4. The Bertz CT molecular complexity index is 702. The molecule has 1 N–H and O–H groups in total. The summed E-state index contributed by atoms with van der Waals surface area (Å²) in [5, 5.41) is 9.80. The first kappa shape index (κ1) is 12.2. The summed E-state index contributed by atoms with van der Waals surface area (Å²) in [6, 6.07) is 12.8. The van der Waals surface area contributed by atoms with E-state index in [1.165, 1.54) is 0 Å². The maximum atomic E-state index is 12.3. The zero-order valence-corrected chi connectivity index (χ0v) is 11.6. The number of fused-ring (bicyclic) bond motifs is 1. The van der Waals surface area contributed by atoms with Crippen LogP contribution in [0.3, 0.4) is 0 Å². The topological polar surface area (TPSA) is 37.3 Å². The number of benzene rings is 2. The summed E-state index contributed by atoms with van der Waals surface area (Å²) in [7, 11) is 0. The normalized spacial score (nSPS) is 15.8. The van der Waals surface area contributed by atoms with Crippen molar-refractivity contribution in [2.24, 2.45) is 0 Å². The van der Waals surface area contributed by atoms with Crippen molar-refractivity contribution < 1.29 is 9.90 Å². The number of carbonyl (C=O) groups is 1. The number of carbonyl (C=O) groups excluding carboxylic acids is 1. The first-order valence-corrected chi connectivity index (χ1v) is 6.77. The summed E-state index contributed by atoms with van der Waals surface area (Å²) in [6.07, 6.45) is 2.37. The SMILES string of the molecule is O=C1/C(=C\c2ccccc2Br)Cc2c(O)cccc21. The number of ketones is 1. The molecule has 0 heterocycles. The van der Waals surface area contributed by atoms with Crippen LogP contribution < -0.4 is 0 Å². The number of phenolic OH excluding ortho intramolecular Hbond substituents is 1. The number of hydrogen-bond donors (Lipinski definition) is 1. The minimum absolute atomic E-state index is 0.00153. The molecule has 0 aliphatic heterocycles. The van der Waals surface area contributed by atoms with Crippen LogP contribution >= 0.6 is 15.9 Å². The first-order chi connectivity index (χ1) is 9.16. The number of halogens is 1. The van der Waals surface area contributed by atoms with E-state index in [0.29, 0.717) is 17.6 Å². The summed E-state index contributed by atoms with van der Waals surface area (Å²) in [5.74, 6) is 0.197. The van der Waals surface area contributed by atoms with Gasteiger partial charge in [-0.1, -0.05) is 46.3 Å². The van der Waals surface area contributed by atoms with E-state index in [2.05, 4.69) is 15.9 Å². The fourth-order valence-electron chi connectivity index (χ4n) is 2.31. The highest BCUT2D eigenvalue weighted by molar-refractivity contribution is 9.10. The van der Waals surface area contributed by atoms with Gasteiger partial charge in [0, 0.05) is 27.6 Å². The molecule has 0 fully saturated rings. The molecule has 0 saturated carbocycles. The predicted molar refractivity (Wildman–Crippen MR) is 78.3 cm³/mol. The number of hydrogen-bond acceptors (Lipinski definition) is 2. The molecule has 0 bridgehead atoms. The van der Waals surface area contributed by atoms with Crippen LogP contribution in [-0.2, 0) is 6.42 Å². The Morgan fingerprint density at radius 1 is 1.11 bits per heavy atom. The molecule has 0 atom stereocenters. The molecule has 1 aliphatic rings. The van der Waals surface area contributed by atoms with Crippen LogP contribution in [0.25, 0.3) is 6.08 Å². The fraction of sp³-hybridized carbons (Fsp3) is 0.0625. The van der Waals surface area contributed by atoms with E-state index >= 15 is 0 Å². The molecule has 0 unspecified atom stereocenters. The van der Waals surface area contributed by atoms with E-state index in [1.54, 1.807) is 18.2 Å². The van der Waals surface area contributed by atoms with Gasteiger partial charge < -0.3 is 5.11 Å². The molecule has 94 valence electrons. The highest BCUT2D eigenvalue weighted by Gasteiger charge is 2.26. The number of Topliss-reactive ketones (excluding diaryl/α,β-unsaturated/α-hetero) is 1. The Morgan fingerprint density at radius 3 is 2.63 bits per heavy atom. The van der Waals surface area contributed by atoms with Crippen LogP contribution in [0.4, 0.5) is 0 Å². The van der Waals surface area contributed by atoms with E-state index < -0.39 is 0 Å². The van der Waals surface area contributed by atoms with Gasteiger partial charge in [-0.25, -0.2) is 0 Å². The molecule has 0 saturated heterocycles. The van der Waals surface area contributed by atoms with Gasteiger partial charge in [-0.15, -0.1) is 0 Å². The van der Waals surface area contributed by atoms with Crippen LogP contribution in [-0.4, -0.2) is 10.9 Å². The summed E-state index contributed by atoms with van der Waals surface area (Å²) in [5.41, 5.74) is 3.02. The molecule has 19 heavy (non-hydrogen) atoms. The third kappa shape index (κ3) is 2.10. The quantitative estimate of drug-likeness (QED) is 0.808. The lowest BCUT2D eigenvalue weighted by Gasteiger charge is -1.99. The molecule has 2 nitrogen and oxygen atoms in total. The van der Waals surface area contributed by atoms with E-state index in [-0.39, 0.29) is 11.5 Å². The molecule has 2 aromatic rings. The van der Waals surface area contributed by atoms with Gasteiger partial charge in [0.05, 0.1) is 0 Å². The maximum absolute atomic E-state index is 12.3. The highest BCUT2D eigenvalue weighted by Crippen LogP contribution is 2.34. The Hall–Kier alpha value is -1.87. The average molecular weight is 315 g/mol. The van der Waals surface area contributed by atoms with Crippen molar-refractivity contribution in [3.63, 3.8) is 0 Å². The van der Waals surface area contributed by atoms with Crippen LogP contribution in [0.2, 0.25) is 0 Å². The van der Waals surface area contributed by atoms with E-state index in [9.17, 15) is 9.90 Å². The molecule has 0 spiro atoms. The van der Waals surface area contributed by atoms with Crippen LogP contribution in [0.1, 0.15) is 21.5 Å². The number of rotatable bonds is 1. The number of phenols is 1. The van der Waals surface area contributed by atoms with Crippen molar-refractivity contribution in [1.82, 2.24) is 0 Å². The van der Waals surface area contributed by atoms with Gasteiger partial charge in [0.1, 0.15) is 5.75 Å². The molecule has 0 radical (unpaired) electrons. The van der Waals surface area contributed by atoms with Gasteiger partial charge in [-0.05, 0) is 23.8 Å². The monoisotopic (exact) mass is 314 g/mol. The van der Waals surface area contributed by atoms with E-state index in [0.717, 1.165) is 15.6 Å². The zero-order valence-electron chi connectivity index (χ0n) is 10.1. The Labute approximate surface area is 119 Å². The third-order valence-corrected chi connectivity index (χ3v) is 4.01. The summed E-state index contributed by atoms with van der Waals surface area (Å²) in [4.78, 5) is 12.3. The minimum Gasteiger partial charge on any atom is -0.508 e. The first-order valence-electron chi connectivity index (χ1n) is 5.97. The lowest BCUT2D eigenvalue weighted by molar-refractivity contribution is 0.104. The summed E-state index contributed by atoms with van der Waals surface area (Å²) in [6.45, 7) is 0. The smallest absolute Gasteiger partial charge is 0.189 e. The summed E-state index contributed by atoms with van der Waals surface area (Å²) < 4.78 is 0.954. The maximum Gasteiger partial charge on any atom is 0.189 e. The van der Waals surface area contributed by atoms with Crippen molar-refractivity contribution >= 4 is 27.8 Å². The molecule has 3 heteroatoms. The number of allylic oxidation sites excluding steroid dienone is 1. The second-order valence-corrected chi connectivity index (χ2v) is 5.35. The molecule has 1 aliphatic carbocycles. The van der Waals surface area contributed by atoms with Crippen LogP contribution in [0.5, 0.6) is 5.75 Å². The second kappa shape index (κ2) is 4.67. The van der Waals surface area contributed by atoms with Gasteiger partial charge in [-0.2, -0.15) is 0 Å². The van der Waals surface area contributed by atoms with Crippen molar-refractivity contribution in [2.75, 3.05) is 0 Å². The molecule has 0 aromatic heterocycles. The van der Waals surface area contributed by atoms with Gasteiger partial charge in [0.2, 0.25) is 0 Å². The van der Waals surface area contributed by atoms with Crippen molar-refractivity contribution in [3.05, 3.63) is 69.2 Å². The molecular weight excluding hydrogens is 304 g/mol. The van der Waals surface area contributed by atoms with Crippen molar-refractivity contribution in [3.8, 4) is 5.75 Å². The van der Waals surface area contributed by atoms with Gasteiger partial charge in [0.15, 0.2) is 5.78 Å².